The molecule has 5 heteroatoms. The molecule has 4 nitrogen and oxygen atoms in total. The molecule has 0 saturated carbocycles. The van der Waals surface area contributed by atoms with E-state index in [4.69, 9.17) is 0 Å². The van der Waals surface area contributed by atoms with Crippen molar-refractivity contribution in [3.05, 3.63) is 34.0 Å². The molecule has 0 fully saturated rings. The molecule has 0 unspecified atom stereocenters. The summed E-state index contributed by atoms with van der Waals surface area (Å²) in [5.74, 6) is 0. The van der Waals surface area contributed by atoms with E-state index >= 15 is 0 Å². The fourth-order valence-electron chi connectivity index (χ4n) is 1.64. The predicted octanol–water partition coefficient (Wildman–Crippen LogP) is 2.58. The van der Waals surface area contributed by atoms with Crippen LogP contribution in [0.2, 0.25) is 0 Å². The van der Waals surface area contributed by atoms with E-state index in [1.165, 1.54) is 11.3 Å². The summed E-state index contributed by atoms with van der Waals surface area (Å²) < 4.78 is 2.01. The zero-order chi connectivity index (χ0) is 13.2. The van der Waals surface area contributed by atoms with Gasteiger partial charge in [-0.1, -0.05) is 0 Å². The van der Waals surface area contributed by atoms with E-state index in [0.717, 1.165) is 18.1 Å². The van der Waals surface area contributed by atoms with Gasteiger partial charge in [-0.15, -0.1) is 11.3 Å². The first kappa shape index (κ1) is 13.2. The van der Waals surface area contributed by atoms with Crippen LogP contribution >= 0.6 is 11.3 Å². The molecule has 0 aliphatic heterocycles. The molecule has 0 aromatic carbocycles. The number of hydrogen-bond acceptors (Lipinski definition) is 4. The molecule has 0 aliphatic carbocycles. The van der Waals surface area contributed by atoms with Crippen molar-refractivity contribution in [1.82, 2.24) is 20.1 Å². The van der Waals surface area contributed by atoms with Crippen molar-refractivity contribution in [2.45, 2.75) is 46.3 Å². The summed E-state index contributed by atoms with van der Waals surface area (Å²) in [5.41, 5.74) is 2.59. The summed E-state index contributed by atoms with van der Waals surface area (Å²) in [7, 11) is 0. The fraction of sp³-hybridized carbons (Fsp3) is 0.538. The van der Waals surface area contributed by atoms with Crippen LogP contribution in [0.5, 0.6) is 0 Å². The Balaban J connectivity index is 2.04. The molecule has 0 saturated heterocycles. The minimum absolute atomic E-state index is 0.129. The van der Waals surface area contributed by atoms with E-state index in [9.17, 15) is 0 Å². The number of thiazole rings is 1. The molecule has 2 aromatic rings. The molecule has 0 radical (unpaired) electrons. The van der Waals surface area contributed by atoms with Crippen LogP contribution in [-0.4, -0.2) is 20.3 Å². The molecule has 2 heterocycles. The van der Waals surface area contributed by atoms with Gasteiger partial charge < -0.3 is 5.32 Å². The predicted molar refractivity (Wildman–Crippen MR) is 74.8 cm³/mol. The smallest absolute Gasteiger partial charge is 0.114 e. The molecular weight excluding hydrogens is 244 g/mol. The third-order valence-corrected chi connectivity index (χ3v) is 3.55. The summed E-state index contributed by atoms with van der Waals surface area (Å²) in [4.78, 5) is 4.29. The Kier molecular flexibility index (Phi) is 3.82. The topological polar surface area (TPSA) is 42.7 Å². The molecular formula is C13H20N4S. The normalized spacial score (nSPS) is 12.0. The lowest BCUT2D eigenvalue weighted by Gasteiger charge is -2.20. The minimum atomic E-state index is 0.129. The van der Waals surface area contributed by atoms with Gasteiger partial charge in [-0.2, -0.15) is 5.10 Å². The van der Waals surface area contributed by atoms with Crippen LogP contribution < -0.4 is 5.32 Å². The van der Waals surface area contributed by atoms with Crippen LogP contribution in [0, 0.1) is 6.92 Å². The van der Waals surface area contributed by atoms with Crippen molar-refractivity contribution in [2.24, 2.45) is 0 Å². The van der Waals surface area contributed by atoms with Gasteiger partial charge in [0.2, 0.25) is 0 Å². The Bertz CT molecular complexity index is 494. The Labute approximate surface area is 112 Å². The number of aromatic nitrogens is 3. The monoisotopic (exact) mass is 264 g/mol. The van der Waals surface area contributed by atoms with Crippen molar-refractivity contribution in [1.29, 1.82) is 0 Å². The first-order valence-electron chi connectivity index (χ1n) is 6.10. The van der Waals surface area contributed by atoms with Crippen LogP contribution in [0.3, 0.4) is 0 Å². The van der Waals surface area contributed by atoms with Crippen LogP contribution in [0.4, 0.5) is 0 Å². The van der Waals surface area contributed by atoms with Crippen molar-refractivity contribution in [3.63, 3.8) is 0 Å². The second-order valence-corrected chi connectivity index (χ2v) is 6.42. The lowest BCUT2D eigenvalue weighted by atomic mass is 10.1. The largest absolute Gasteiger partial charge is 0.308 e. The van der Waals surface area contributed by atoms with Crippen LogP contribution in [0.25, 0.3) is 0 Å². The van der Waals surface area contributed by atoms with Crippen molar-refractivity contribution >= 4 is 11.3 Å². The Morgan fingerprint density at radius 1 is 1.39 bits per heavy atom. The maximum Gasteiger partial charge on any atom is 0.114 e. The molecule has 2 aromatic heterocycles. The zero-order valence-corrected chi connectivity index (χ0v) is 12.2. The van der Waals surface area contributed by atoms with Crippen LogP contribution in [0.15, 0.2) is 17.8 Å². The molecule has 0 aliphatic rings. The van der Waals surface area contributed by atoms with Gasteiger partial charge in [0.25, 0.3) is 0 Å². The maximum absolute atomic E-state index is 4.43. The SMILES string of the molecule is Cc1c(CNC(C)(C)C)cnn1Cc1nccs1. The molecule has 2 rings (SSSR count). The van der Waals surface area contributed by atoms with E-state index in [0.29, 0.717) is 0 Å². The lowest BCUT2D eigenvalue weighted by Crippen LogP contribution is -2.35. The highest BCUT2D eigenvalue weighted by atomic mass is 32.1. The second-order valence-electron chi connectivity index (χ2n) is 5.44. The average molecular weight is 264 g/mol. The Morgan fingerprint density at radius 3 is 2.78 bits per heavy atom. The highest BCUT2D eigenvalue weighted by Gasteiger charge is 2.12. The summed E-state index contributed by atoms with van der Waals surface area (Å²) in [6, 6.07) is 0. The van der Waals surface area contributed by atoms with Crippen LogP contribution in [0.1, 0.15) is 37.0 Å². The molecule has 0 amide bonds. The number of hydrogen-bond donors (Lipinski definition) is 1. The molecule has 1 N–H and O–H groups in total. The van der Waals surface area contributed by atoms with E-state index in [-0.39, 0.29) is 5.54 Å². The van der Waals surface area contributed by atoms with Gasteiger partial charge in [0.1, 0.15) is 5.01 Å². The Morgan fingerprint density at radius 2 is 2.17 bits per heavy atom. The van der Waals surface area contributed by atoms with Crippen molar-refractivity contribution in [2.75, 3.05) is 0 Å². The number of rotatable bonds is 4. The van der Waals surface area contributed by atoms with Crippen molar-refractivity contribution < 1.29 is 0 Å². The summed E-state index contributed by atoms with van der Waals surface area (Å²) in [5, 5.41) is 11.0. The fourth-order valence-corrected chi connectivity index (χ4v) is 2.24. The maximum atomic E-state index is 4.43. The third kappa shape index (κ3) is 3.40. The quantitative estimate of drug-likeness (QED) is 0.923. The second kappa shape index (κ2) is 5.20. The van der Waals surface area contributed by atoms with Gasteiger partial charge >= 0.3 is 0 Å². The summed E-state index contributed by atoms with van der Waals surface area (Å²) in [6.45, 7) is 10.2. The summed E-state index contributed by atoms with van der Waals surface area (Å²) >= 11 is 1.67. The van der Waals surface area contributed by atoms with Gasteiger partial charge in [-0.3, -0.25) is 4.68 Å². The van der Waals surface area contributed by atoms with E-state index in [1.54, 1.807) is 11.3 Å². The minimum Gasteiger partial charge on any atom is -0.308 e. The van der Waals surface area contributed by atoms with Gasteiger partial charge in [-0.05, 0) is 27.7 Å². The van der Waals surface area contributed by atoms with E-state index in [2.05, 4.69) is 43.1 Å². The molecule has 18 heavy (non-hydrogen) atoms. The summed E-state index contributed by atoms with van der Waals surface area (Å²) in [6.07, 6.45) is 3.78. The molecule has 0 spiro atoms. The lowest BCUT2D eigenvalue weighted by molar-refractivity contribution is 0.423. The van der Waals surface area contributed by atoms with Gasteiger partial charge in [-0.25, -0.2) is 4.98 Å². The zero-order valence-electron chi connectivity index (χ0n) is 11.4. The van der Waals surface area contributed by atoms with Gasteiger partial charge in [0, 0.05) is 34.9 Å². The Hall–Kier alpha value is -1.20. The average Bonchev–Trinajstić information content (AvgIpc) is 2.88. The van der Waals surface area contributed by atoms with E-state index in [1.807, 2.05) is 22.5 Å². The third-order valence-electron chi connectivity index (χ3n) is 2.78. The molecule has 0 atom stereocenters. The number of nitrogens with zero attached hydrogens (tertiary/aromatic N) is 3. The molecule has 0 bridgehead atoms. The first-order valence-corrected chi connectivity index (χ1v) is 6.98. The standard InChI is InChI=1S/C13H20N4S/c1-10-11(7-15-13(2,3)4)8-16-17(10)9-12-14-5-6-18-12/h5-6,8,15H,7,9H2,1-4H3. The van der Waals surface area contributed by atoms with E-state index < -0.39 is 0 Å². The van der Waals surface area contributed by atoms with Gasteiger partial charge in [0.05, 0.1) is 12.7 Å². The van der Waals surface area contributed by atoms with Crippen LogP contribution in [-0.2, 0) is 13.1 Å². The highest BCUT2D eigenvalue weighted by Crippen LogP contribution is 2.12. The first-order chi connectivity index (χ1) is 8.46. The number of nitrogens with one attached hydrogen (secondary N) is 1. The van der Waals surface area contributed by atoms with Crippen molar-refractivity contribution in [3.8, 4) is 0 Å². The van der Waals surface area contributed by atoms with Gasteiger partial charge in [0.15, 0.2) is 0 Å². The highest BCUT2D eigenvalue weighted by molar-refractivity contribution is 7.09. The molecule has 98 valence electrons.